The van der Waals surface area contributed by atoms with Crippen LogP contribution in [0.4, 0.5) is 0 Å². The van der Waals surface area contributed by atoms with Crippen LogP contribution in [0.25, 0.3) is 5.76 Å². The van der Waals surface area contributed by atoms with E-state index in [1.807, 2.05) is 38.9 Å². The van der Waals surface area contributed by atoms with Gasteiger partial charge >= 0.3 is 0 Å². The molecule has 7 nitrogen and oxygen atoms in total. The lowest BCUT2D eigenvalue weighted by Crippen LogP contribution is -2.35. The van der Waals surface area contributed by atoms with E-state index < -0.39 is 17.7 Å². The number of hydrogen-bond acceptors (Lipinski definition) is 6. The number of carbonyl (C=O) groups is 2. The second kappa shape index (κ2) is 9.87. The summed E-state index contributed by atoms with van der Waals surface area (Å²) in [4.78, 5) is 29.4. The number of Topliss-reactive ketones (excluding diaryl/α,β-unsaturated/α-hetero) is 1. The molecule has 0 aromatic heterocycles. The van der Waals surface area contributed by atoms with E-state index in [-0.39, 0.29) is 17.4 Å². The summed E-state index contributed by atoms with van der Waals surface area (Å²) >= 11 is 0. The first kappa shape index (κ1) is 23.3. The molecule has 7 heteroatoms. The Labute approximate surface area is 188 Å². The molecule has 1 saturated heterocycles. The number of ketones is 1. The molecule has 1 fully saturated rings. The largest absolute Gasteiger partial charge is 0.507 e. The minimum atomic E-state index is -0.711. The number of ether oxygens (including phenoxy) is 2. The molecule has 0 spiro atoms. The quantitative estimate of drug-likeness (QED) is 0.386. The van der Waals surface area contributed by atoms with E-state index in [9.17, 15) is 14.7 Å². The Morgan fingerprint density at radius 2 is 1.78 bits per heavy atom. The molecule has 0 bridgehead atoms. The molecule has 32 heavy (non-hydrogen) atoms. The number of likely N-dealkylation sites (N-methyl/N-ethyl adjacent to an activating group) is 1. The van der Waals surface area contributed by atoms with Crippen molar-refractivity contribution < 1.29 is 24.2 Å². The molecule has 1 aliphatic heterocycles. The van der Waals surface area contributed by atoms with E-state index in [2.05, 4.69) is 0 Å². The number of aliphatic hydroxyl groups is 1. The van der Waals surface area contributed by atoms with Gasteiger partial charge in [0.25, 0.3) is 11.7 Å². The van der Waals surface area contributed by atoms with Crippen LogP contribution in [-0.2, 0) is 9.59 Å². The third-order valence-electron chi connectivity index (χ3n) is 5.24. The van der Waals surface area contributed by atoms with Crippen LogP contribution in [0.1, 0.15) is 31.0 Å². The summed E-state index contributed by atoms with van der Waals surface area (Å²) in [6.07, 6.45) is 0.0181. The molecule has 170 valence electrons. The van der Waals surface area contributed by atoms with Crippen molar-refractivity contribution in [2.75, 3.05) is 34.3 Å². The van der Waals surface area contributed by atoms with Gasteiger partial charge in [-0.1, -0.05) is 12.1 Å². The van der Waals surface area contributed by atoms with E-state index in [0.717, 1.165) is 0 Å². The van der Waals surface area contributed by atoms with Gasteiger partial charge in [0.2, 0.25) is 0 Å². The van der Waals surface area contributed by atoms with Gasteiger partial charge in [-0.3, -0.25) is 9.59 Å². The van der Waals surface area contributed by atoms with Crippen molar-refractivity contribution >= 4 is 17.4 Å². The van der Waals surface area contributed by atoms with Crippen LogP contribution >= 0.6 is 0 Å². The molecule has 0 aliphatic carbocycles. The fraction of sp³-hybridized carbons (Fsp3) is 0.360. The molecule has 2 aromatic carbocycles. The molecule has 1 aliphatic rings. The molecular formula is C25H30N2O5. The lowest BCUT2D eigenvalue weighted by atomic mass is 9.95. The van der Waals surface area contributed by atoms with Crippen molar-refractivity contribution in [3.05, 3.63) is 65.2 Å². The third kappa shape index (κ3) is 4.94. The molecule has 0 unspecified atom stereocenters. The number of hydrogen-bond donors (Lipinski definition) is 1. The minimum Gasteiger partial charge on any atom is -0.507 e. The van der Waals surface area contributed by atoms with E-state index in [1.54, 1.807) is 49.6 Å². The highest BCUT2D eigenvalue weighted by Gasteiger charge is 2.46. The number of amides is 1. The highest BCUT2D eigenvalue weighted by atomic mass is 16.5. The summed E-state index contributed by atoms with van der Waals surface area (Å²) in [7, 11) is 5.36. The third-order valence-corrected chi connectivity index (χ3v) is 5.24. The van der Waals surface area contributed by atoms with Gasteiger partial charge in [-0.15, -0.1) is 0 Å². The van der Waals surface area contributed by atoms with Gasteiger partial charge in [0.15, 0.2) is 0 Å². The Balaban J connectivity index is 2.09. The van der Waals surface area contributed by atoms with E-state index in [0.29, 0.717) is 35.7 Å². The topological polar surface area (TPSA) is 79.3 Å². The lowest BCUT2D eigenvalue weighted by molar-refractivity contribution is -0.140. The monoisotopic (exact) mass is 438 g/mol. The molecule has 1 N–H and O–H groups in total. The number of methoxy groups -OCH3 is 1. The molecule has 1 atom stereocenters. The Bertz CT molecular complexity index is 1010. The zero-order chi connectivity index (χ0) is 23.4. The Morgan fingerprint density at radius 3 is 2.38 bits per heavy atom. The SMILES string of the molecule is COc1cccc([C@H]2C(=C(O)c3ccc(OC(C)C)cc3)C(=O)C(=O)N2CCN(C)C)c1. The number of likely N-dealkylation sites (tertiary alicyclic amines) is 1. The number of rotatable bonds is 8. The maximum Gasteiger partial charge on any atom is 0.295 e. The normalized spacial score (nSPS) is 18.0. The molecule has 0 radical (unpaired) electrons. The second-order valence-corrected chi connectivity index (χ2v) is 8.26. The van der Waals surface area contributed by atoms with Gasteiger partial charge in [-0.2, -0.15) is 0 Å². The first-order chi connectivity index (χ1) is 15.2. The zero-order valence-electron chi connectivity index (χ0n) is 19.2. The highest BCUT2D eigenvalue weighted by Crippen LogP contribution is 2.40. The number of nitrogens with zero attached hydrogens (tertiary/aromatic N) is 2. The van der Waals surface area contributed by atoms with E-state index in [4.69, 9.17) is 9.47 Å². The summed E-state index contributed by atoms with van der Waals surface area (Å²) in [5.74, 6) is -0.264. The Hall–Kier alpha value is -3.32. The van der Waals surface area contributed by atoms with Gasteiger partial charge in [0.05, 0.1) is 24.8 Å². The van der Waals surface area contributed by atoms with Crippen molar-refractivity contribution in [1.82, 2.24) is 9.80 Å². The van der Waals surface area contributed by atoms with E-state index in [1.165, 1.54) is 4.90 Å². The fourth-order valence-electron chi connectivity index (χ4n) is 3.70. The first-order valence-corrected chi connectivity index (χ1v) is 10.6. The van der Waals surface area contributed by atoms with Crippen LogP contribution in [0.2, 0.25) is 0 Å². The van der Waals surface area contributed by atoms with Gasteiger partial charge in [0.1, 0.15) is 17.3 Å². The van der Waals surface area contributed by atoms with Crippen LogP contribution in [0.3, 0.4) is 0 Å². The minimum absolute atomic E-state index is 0.0181. The lowest BCUT2D eigenvalue weighted by Gasteiger charge is -2.26. The summed E-state index contributed by atoms with van der Waals surface area (Å²) in [6.45, 7) is 4.78. The van der Waals surface area contributed by atoms with Gasteiger partial charge in [-0.25, -0.2) is 0 Å². The maximum atomic E-state index is 13.0. The molecule has 2 aromatic rings. The Kier molecular flexibility index (Phi) is 7.20. The smallest absolute Gasteiger partial charge is 0.295 e. The van der Waals surface area contributed by atoms with Gasteiger partial charge in [0, 0.05) is 18.7 Å². The van der Waals surface area contributed by atoms with Gasteiger partial charge in [-0.05, 0) is 69.9 Å². The molecular weight excluding hydrogens is 408 g/mol. The highest BCUT2D eigenvalue weighted by molar-refractivity contribution is 6.46. The van der Waals surface area contributed by atoms with Crippen molar-refractivity contribution in [2.45, 2.75) is 26.0 Å². The van der Waals surface area contributed by atoms with E-state index >= 15 is 0 Å². The summed E-state index contributed by atoms with van der Waals surface area (Å²) in [5.41, 5.74) is 1.21. The number of aliphatic hydroxyl groups excluding tert-OH is 1. The molecule has 3 rings (SSSR count). The summed E-state index contributed by atoms with van der Waals surface area (Å²) in [5, 5.41) is 11.1. The van der Waals surface area contributed by atoms with Crippen LogP contribution in [-0.4, -0.2) is 67.0 Å². The van der Waals surface area contributed by atoms with Crippen molar-refractivity contribution in [1.29, 1.82) is 0 Å². The second-order valence-electron chi connectivity index (χ2n) is 8.26. The first-order valence-electron chi connectivity index (χ1n) is 10.6. The summed E-state index contributed by atoms with van der Waals surface area (Å²) < 4.78 is 11.0. The van der Waals surface area contributed by atoms with Gasteiger partial charge < -0.3 is 24.4 Å². The predicted molar refractivity (Wildman–Crippen MR) is 123 cm³/mol. The van der Waals surface area contributed by atoms with Crippen LogP contribution in [0, 0.1) is 0 Å². The van der Waals surface area contributed by atoms with Crippen LogP contribution in [0.5, 0.6) is 11.5 Å². The molecule has 0 saturated carbocycles. The molecule has 1 heterocycles. The fourth-order valence-corrected chi connectivity index (χ4v) is 3.70. The summed E-state index contributed by atoms with van der Waals surface area (Å²) in [6, 6.07) is 13.3. The zero-order valence-corrected chi connectivity index (χ0v) is 19.2. The van der Waals surface area contributed by atoms with Crippen molar-refractivity contribution in [3.63, 3.8) is 0 Å². The van der Waals surface area contributed by atoms with Crippen LogP contribution in [0.15, 0.2) is 54.1 Å². The molecule has 1 amide bonds. The predicted octanol–water partition coefficient (Wildman–Crippen LogP) is 3.47. The van der Waals surface area contributed by atoms with Crippen molar-refractivity contribution in [3.8, 4) is 11.5 Å². The Morgan fingerprint density at radius 1 is 1.09 bits per heavy atom. The number of benzene rings is 2. The maximum absolute atomic E-state index is 13.0. The van der Waals surface area contributed by atoms with Crippen molar-refractivity contribution in [2.24, 2.45) is 0 Å². The number of carbonyl (C=O) groups excluding carboxylic acids is 2. The standard InChI is InChI=1S/C25H30N2O5/c1-16(2)32-19-11-9-17(10-12-19)23(28)21-22(18-7-6-8-20(15-18)31-5)27(14-13-26(3)4)25(30)24(21)29/h6-12,15-16,22,28H,13-14H2,1-5H3/t22-/m0/s1. The van der Waals surface area contributed by atoms with Crippen LogP contribution < -0.4 is 9.47 Å². The average Bonchev–Trinajstić information content (AvgIpc) is 3.02. The average molecular weight is 439 g/mol.